The molecule has 2 aliphatic heterocycles. The minimum absolute atomic E-state index is 0.257. The lowest BCUT2D eigenvalue weighted by atomic mass is 9.87. The molecule has 30 heavy (non-hydrogen) atoms. The summed E-state index contributed by atoms with van der Waals surface area (Å²) < 4.78 is 5.18. The monoisotopic (exact) mass is 407 g/mol. The van der Waals surface area contributed by atoms with Crippen LogP contribution in [0.1, 0.15) is 30.9 Å². The Morgan fingerprint density at radius 1 is 1.13 bits per heavy atom. The van der Waals surface area contributed by atoms with Crippen LogP contribution in [0.15, 0.2) is 48.5 Å². The Hall–Kier alpha value is -3.35. The summed E-state index contributed by atoms with van der Waals surface area (Å²) in [5.74, 6) is 0.00340. The number of hydrogen-bond donors (Lipinski definition) is 1. The van der Waals surface area contributed by atoms with Gasteiger partial charge in [-0.1, -0.05) is 37.3 Å². The molecule has 2 aromatic carbocycles. The smallest absolute Gasteiger partial charge is 0.325 e. The zero-order valence-electron chi connectivity index (χ0n) is 17.2. The van der Waals surface area contributed by atoms with Crippen LogP contribution in [0.25, 0.3) is 0 Å². The maximum atomic E-state index is 13.3. The molecule has 1 N–H and O–H groups in total. The predicted molar refractivity (Wildman–Crippen MR) is 112 cm³/mol. The molecule has 4 rings (SSSR count). The number of carbonyl (C=O) groups is 3. The highest BCUT2D eigenvalue weighted by atomic mass is 16.5. The highest BCUT2D eigenvalue weighted by molar-refractivity contribution is 6.10. The van der Waals surface area contributed by atoms with Gasteiger partial charge in [-0.3, -0.25) is 14.5 Å². The van der Waals surface area contributed by atoms with E-state index in [1.54, 1.807) is 36.3 Å². The third-order valence-electron chi connectivity index (χ3n) is 5.99. The number of rotatable bonds is 5. The molecule has 1 fully saturated rings. The number of hydrogen-bond acceptors (Lipinski definition) is 4. The molecule has 0 spiro atoms. The standard InChI is InChI=1S/C23H25N3O4/c1-3-23(17-10-12-18(30-2)13-11-17)21(28)26(22(29)24-23)15-20(27)25-14-6-8-16-7-4-5-9-19(16)25/h4-5,7,9-13H,3,6,8,14-15H2,1-2H3,(H,24,29)/t23-/m0/s1. The number of methoxy groups -OCH3 is 1. The lowest BCUT2D eigenvalue weighted by Crippen LogP contribution is -2.46. The maximum Gasteiger partial charge on any atom is 0.325 e. The quantitative estimate of drug-likeness (QED) is 0.773. The fourth-order valence-electron chi connectivity index (χ4n) is 4.30. The Kier molecular flexibility index (Phi) is 5.20. The topological polar surface area (TPSA) is 79.0 Å². The second kappa shape index (κ2) is 7.82. The Bertz CT molecular complexity index is 988. The van der Waals surface area contributed by atoms with Gasteiger partial charge >= 0.3 is 6.03 Å². The number of anilines is 1. The number of urea groups is 1. The van der Waals surface area contributed by atoms with Crippen molar-refractivity contribution in [1.82, 2.24) is 10.2 Å². The van der Waals surface area contributed by atoms with Crippen molar-refractivity contribution in [3.8, 4) is 5.75 Å². The molecule has 0 bridgehead atoms. The Morgan fingerprint density at radius 3 is 2.57 bits per heavy atom. The molecule has 0 unspecified atom stereocenters. The van der Waals surface area contributed by atoms with Crippen LogP contribution in [-0.4, -0.2) is 42.9 Å². The van der Waals surface area contributed by atoms with E-state index in [4.69, 9.17) is 4.74 Å². The van der Waals surface area contributed by atoms with Gasteiger partial charge in [0.1, 0.15) is 17.8 Å². The highest BCUT2D eigenvalue weighted by Gasteiger charge is 2.52. The Labute approximate surface area is 175 Å². The first-order valence-electron chi connectivity index (χ1n) is 10.2. The van der Waals surface area contributed by atoms with E-state index in [0.717, 1.165) is 29.0 Å². The van der Waals surface area contributed by atoms with E-state index >= 15 is 0 Å². The van der Waals surface area contributed by atoms with Gasteiger partial charge in [0.15, 0.2) is 0 Å². The minimum Gasteiger partial charge on any atom is -0.497 e. The van der Waals surface area contributed by atoms with Gasteiger partial charge < -0.3 is 15.0 Å². The van der Waals surface area contributed by atoms with Crippen molar-refractivity contribution in [3.05, 3.63) is 59.7 Å². The summed E-state index contributed by atoms with van der Waals surface area (Å²) in [6.45, 7) is 2.14. The summed E-state index contributed by atoms with van der Waals surface area (Å²) in [6.07, 6.45) is 2.15. The van der Waals surface area contributed by atoms with Gasteiger partial charge in [0.05, 0.1) is 7.11 Å². The first-order chi connectivity index (χ1) is 14.5. The molecule has 0 aromatic heterocycles. The zero-order valence-corrected chi connectivity index (χ0v) is 17.2. The molecular formula is C23H25N3O4. The molecule has 156 valence electrons. The van der Waals surface area contributed by atoms with Gasteiger partial charge in [-0.2, -0.15) is 0 Å². The van der Waals surface area contributed by atoms with Crippen molar-refractivity contribution in [2.24, 2.45) is 0 Å². The van der Waals surface area contributed by atoms with Crippen LogP contribution in [0.3, 0.4) is 0 Å². The number of nitrogens with zero attached hydrogens (tertiary/aromatic N) is 2. The van der Waals surface area contributed by atoms with Gasteiger partial charge in [0.2, 0.25) is 5.91 Å². The summed E-state index contributed by atoms with van der Waals surface area (Å²) >= 11 is 0. The van der Waals surface area contributed by atoms with E-state index in [1.165, 1.54) is 0 Å². The third-order valence-corrected chi connectivity index (χ3v) is 5.99. The van der Waals surface area contributed by atoms with Gasteiger partial charge in [0.25, 0.3) is 5.91 Å². The van der Waals surface area contributed by atoms with Crippen molar-refractivity contribution >= 4 is 23.5 Å². The van der Waals surface area contributed by atoms with E-state index in [9.17, 15) is 14.4 Å². The van der Waals surface area contributed by atoms with Crippen LogP contribution >= 0.6 is 0 Å². The molecule has 1 saturated heterocycles. The van der Waals surface area contributed by atoms with E-state index in [2.05, 4.69) is 5.32 Å². The van der Waals surface area contributed by atoms with Gasteiger partial charge in [-0.15, -0.1) is 0 Å². The van der Waals surface area contributed by atoms with Crippen LogP contribution in [0.2, 0.25) is 0 Å². The SMILES string of the molecule is CC[C@@]1(c2ccc(OC)cc2)NC(=O)N(CC(=O)N2CCCc3ccccc32)C1=O. The summed E-state index contributed by atoms with van der Waals surface area (Å²) in [5, 5.41) is 2.82. The molecule has 1 atom stereocenters. The number of para-hydroxylation sites is 1. The summed E-state index contributed by atoms with van der Waals surface area (Å²) in [6, 6.07) is 14.3. The molecule has 2 aromatic rings. The van der Waals surface area contributed by atoms with Crippen molar-refractivity contribution in [3.63, 3.8) is 0 Å². The lowest BCUT2D eigenvalue weighted by molar-refractivity contribution is -0.134. The predicted octanol–water partition coefficient (Wildman–Crippen LogP) is 2.83. The zero-order chi connectivity index (χ0) is 21.3. The average molecular weight is 407 g/mol. The number of nitrogens with one attached hydrogen (secondary N) is 1. The van der Waals surface area contributed by atoms with Crippen LogP contribution < -0.4 is 15.0 Å². The molecule has 2 heterocycles. The molecular weight excluding hydrogens is 382 g/mol. The van der Waals surface area contributed by atoms with Crippen molar-refractivity contribution in [2.45, 2.75) is 31.7 Å². The maximum absolute atomic E-state index is 13.3. The molecule has 7 heteroatoms. The van der Waals surface area contributed by atoms with Crippen LogP contribution in [0, 0.1) is 0 Å². The molecule has 0 aliphatic carbocycles. The second-order valence-electron chi connectivity index (χ2n) is 7.59. The lowest BCUT2D eigenvalue weighted by Gasteiger charge is -2.30. The number of ether oxygens (including phenoxy) is 1. The first-order valence-corrected chi connectivity index (χ1v) is 10.2. The first kappa shape index (κ1) is 19.9. The Morgan fingerprint density at radius 2 is 1.87 bits per heavy atom. The fourth-order valence-corrected chi connectivity index (χ4v) is 4.30. The molecule has 0 radical (unpaired) electrons. The van der Waals surface area contributed by atoms with Crippen molar-refractivity contribution in [1.29, 1.82) is 0 Å². The van der Waals surface area contributed by atoms with Crippen LogP contribution in [-0.2, 0) is 21.5 Å². The molecule has 2 aliphatic rings. The van der Waals surface area contributed by atoms with E-state index < -0.39 is 17.5 Å². The number of fused-ring (bicyclic) bond motifs is 1. The van der Waals surface area contributed by atoms with E-state index in [0.29, 0.717) is 24.3 Å². The summed E-state index contributed by atoms with van der Waals surface area (Å²) in [5.41, 5.74) is 1.46. The van der Waals surface area contributed by atoms with Crippen molar-refractivity contribution < 1.29 is 19.1 Å². The van der Waals surface area contributed by atoms with Crippen molar-refractivity contribution in [2.75, 3.05) is 25.1 Å². The van der Waals surface area contributed by atoms with Crippen LogP contribution in [0.4, 0.5) is 10.5 Å². The average Bonchev–Trinajstić information content (AvgIpc) is 3.03. The summed E-state index contributed by atoms with van der Waals surface area (Å²) in [4.78, 5) is 41.8. The number of benzene rings is 2. The fraction of sp³-hybridized carbons (Fsp3) is 0.348. The Balaban J connectivity index is 1.58. The van der Waals surface area contributed by atoms with Gasteiger partial charge in [0, 0.05) is 12.2 Å². The van der Waals surface area contributed by atoms with E-state index in [1.807, 2.05) is 31.2 Å². The molecule has 4 amide bonds. The van der Waals surface area contributed by atoms with Gasteiger partial charge in [-0.05, 0) is 48.6 Å². The van der Waals surface area contributed by atoms with Gasteiger partial charge in [-0.25, -0.2) is 4.79 Å². The largest absolute Gasteiger partial charge is 0.497 e. The number of carbonyl (C=O) groups excluding carboxylic acids is 3. The number of aryl methyl sites for hydroxylation is 1. The molecule has 0 saturated carbocycles. The minimum atomic E-state index is -1.18. The van der Waals surface area contributed by atoms with Crippen LogP contribution in [0.5, 0.6) is 5.75 Å². The second-order valence-corrected chi connectivity index (χ2v) is 7.59. The van der Waals surface area contributed by atoms with E-state index in [-0.39, 0.29) is 12.5 Å². The molecule has 7 nitrogen and oxygen atoms in total. The third kappa shape index (κ3) is 3.20. The number of amides is 4. The summed E-state index contributed by atoms with van der Waals surface area (Å²) in [7, 11) is 1.57. The highest BCUT2D eigenvalue weighted by Crippen LogP contribution is 2.34. The number of imide groups is 1. The normalized spacial score (nSPS) is 20.7.